The predicted octanol–water partition coefficient (Wildman–Crippen LogP) is 13.9. The zero-order chi connectivity index (χ0) is 42.9. The molecule has 2 aliphatic heterocycles. The molecule has 0 unspecified atom stereocenters. The Kier molecular flexibility index (Phi) is 7.76. The minimum atomic E-state index is -0.103. The molecular formula is C57H61BN2O. The van der Waals surface area contributed by atoms with Crippen LogP contribution in [0.4, 0.5) is 34.1 Å². The van der Waals surface area contributed by atoms with Crippen LogP contribution in [0.3, 0.4) is 0 Å². The Bertz CT molecular complexity index is 3040. The first-order valence-electron chi connectivity index (χ1n) is 22.8. The van der Waals surface area contributed by atoms with Gasteiger partial charge in [-0.1, -0.05) is 125 Å². The summed E-state index contributed by atoms with van der Waals surface area (Å²) in [7, 11) is 0. The van der Waals surface area contributed by atoms with Gasteiger partial charge in [0.25, 0.3) is 6.71 Å². The molecule has 4 aliphatic rings. The third-order valence-corrected chi connectivity index (χ3v) is 15.7. The topological polar surface area (TPSA) is 19.6 Å². The molecule has 0 N–H and O–H groups in total. The normalized spacial score (nSPS) is 18.8. The van der Waals surface area contributed by atoms with E-state index in [1.54, 1.807) is 0 Å². The van der Waals surface area contributed by atoms with Crippen molar-refractivity contribution in [2.75, 3.05) is 9.80 Å². The van der Waals surface area contributed by atoms with Crippen molar-refractivity contribution in [3.63, 3.8) is 0 Å². The van der Waals surface area contributed by atoms with Gasteiger partial charge in [-0.05, 0) is 164 Å². The van der Waals surface area contributed by atoms with Crippen molar-refractivity contribution >= 4 is 79.2 Å². The van der Waals surface area contributed by atoms with Crippen LogP contribution in [0.2, 0.25) is 0 Å². The van der Waals surface area contributed by atoms with Crippen molar-refractivity contribution in [2.24, 2.45) is 0 Å². The molecule has 61 heavy (non-hydrogen) atoms. The summed E-state index contributed by atoms with van der Waals surface area (Å²) in [6.07, 6.45) is 3.49. The number of rotatable bonds is 2. The smallest absolute Gasteiger partial charge is 0.257 e. The summed E-state index contributed by atoms with van der Waals surface area (Å²) in [4.78, 5) is 5.30. The van der Waals surface area contributed by atoms with Gasteiger partial charge < -0.3 is 14.2 Å². The Hall–Kier alpha value is -5.22. The zero-order valence-electron chi connectivity index (χ0n) is 38.7. The lowest BCUT2D eigenvalue weighted by Gasteiger charge is -2.47. The standard InChI is InChI=1S/C57H61BN2O/c1-33-18-14-16-20-43(33)59-44-23-22-37-36-19-15-17-21-49(36)61-52(37)51(44)58-42-29-39-41(57(12,13)32-56(39,10)11)31-46(42)60(48-28-35(53(3,4)5)27-47(59)50(48)58)45-30-40-38(26-34(45)2)54(6,7)24-25-55(40,8)9/h14-23,26-31H,24-25,32H2,1-13H3. The quantitative estimate of drug-likeness (QED) is 0.162. The number of furan rings is 1. The molecule has 3 heterocycles. The van der Waals surface area contributed by atoms with Gasteiger partial charge in [0.1, 0.15) is 11.2 Å². The molecule has 308 valence electrons. The monoisotopic (exact) mass is 800 g/mol. The molecule has 0 radical (unpaired) electrons. The van der Waals surface area contributed by atoms with E-state index in [0.29, 0.717) is 0 Å². The summed E-state index contributed by atoms with van der Waals surface area (Å²) in [6, 6.07) is 37.8. The summed E-state index contributed by atoms with van der Waals surface area (Å²) >= 11 is 0. The number of aryl methyl sites for hydroxylation is 2. The van der Waals surface area contributed by atoms with E-state index in [-0.39, 0.29) is 33.8 Å². The fourth-order valence-corrected chi connectivity index (χ4v) is 12.4. The Balaban J connectivity index is 1.33. The van der Waals surface area contributed by atoms with Crippen LogP contribution in [0.1, 0.15) is 134 Å². The van der Waals surface area contributed by atoms with Gasteiger partial charge >= 0.3 is 0 Å². The van der Waals surface area contributed by atoms with Crippen LogP contribution in [-0.2, 0) is 27.1 Å². The summed E-state index contributed by atoms with van der Waals surface area (Å²) in [5, 5.41) is 2.35. The van der Waals surface area contributed by atoms with Crippen molar-refractivity contribution in [2.45, 2.75) is 136 Å². The van der Waals surface area contributed by atoms with E-state index in [9.17, 15) is 0 Å². The van der Waals surface area contributed by atoms with Crippen molar-refractivity contribution in [1.82, 2.24) is 0 Å². The average Bonchev–Trinajstić information content (AvgIpc) is 3.66. The van der Waals surface area contributed by atoms with Crippen molar-refractivity contribution in [3.8, 4) is 0 Å². The van der Waals surface area contributed by atoms with Gasteiger partial charge in [-0.25, -0.2) is 0 Å². The first kappa shape index (κ1) is 38.7. The van der Waals surface area contributed by atoms with Gasteiger partial charge in [0, 0.05) is 44.9 Å². The van der Waals surface area contributed by atoms with Crippen LogP contribution in [0.25, 0.3) is 21.9 Å². The highest BCUT2D eigenvalue weighted by Gasteiger charge is 2.50. The fourth-order valence-electron chi connectivity index (χ4n) is 12.4. The van der Waals surface area contributed by atoms with E-state index in [0.717, 1.165) is 17.6 Å². The number of hydrogen-bond acceptors (Lipinski definition) is 3. The second kappa shape index (κ2) is 12.2. The molecule has 4 heteroatoms. The lowest BCUT2D eigenvalue weighted by atomic mass is 9.33. The molecule has 7 aromatic rings. The average molecular weight is 801 g/mol. The molecule has 0 amide bonds. The van der Waals surface area contributed by atoms with E-state index in [1.165, 1.54) is 113 Å². The van der Waals surface area contributed by atoms with Crippen molar-refractivity contribution in [1.29, 1.82) is 0 Å². The van der Waals surface area contributed by atoms with E-state index >= 15 is 0 Å². The minimum absolute atomic E-state index is 0.0330. The lowest BCUT2D eigenvalue weighted by Crippen LogP contribution is -2.62. The van der Waals surface area contributed by atoms with E-state index in [4.69, 9.17) is 4.42 Å². The Morgan fingerprint density at radius 1 is 0.508 bits per heavy atom. The molecule has 0 bridgehead atoms. The fraction of sp³-hybridized carbons (Fsp3) is 0.368. The van der Waals surface area contributed by atoms with Crippen LogP contribution in [0.15, 0.2) is 101 Å². The van der Waals surface area contributed by atoms with Gasteiger partial charge in [0.15, 0.2) is 0 Å². The molecule has 11 rings (SSSR count). The molecule has 3 nitrogen and oxygen atoms in total. The molecule has 0 atom stereocenters. The largest absolute Gasteiger partial charge is 0.457 e. The van der Waals surface area contributed by atoms with Crippen molar-refractivity contribution in [3.05, 3.63) is 136 Å². The third-order valence-electron chi connectivity index (χ3n) is 15.7. The van der Waals surface area contributed by atoms with Gasteiger partial charge in [-0.15, -0.1) is 0 Å². The highest BCUT2D eigenvalue weighted by molar-refractivity contribution is 7.01. The Morgan fingerprint density at radius 3 is 1.75 bits per heavy atom. The molecule has 6 aromatic carbocycles. The van der Waals surface area contributed by atoms with Crippen LogP contribution < -0.4 is 26.2 Å². The first-order valence-corrected chi connectivity index (χ1v) is 22.8. The maximum atomic E-state index is 7.13. The molecule has 2 aliphatic carbocycles. The number of nitrogens with zero attached hydrogens (tertiary/aromatic N) is 2. The maximum Gasteiger partial charge on any atom is 0.257 e. The Morgan fingerprint density at radius 2 is 1.08 bits per heavy atom. The second-order valence-electron chi connectivity index (χ2n) is 22.9. The number of fused-ring (bicyclic) bond motifs is 10. The van der Waals surface area contributed by atoms with Crippen LogP contribution in [0.5, 0.6) is 0 Å². The number of anilines is 6. The third kappa shape index (κ3) is 5.36. The highest BCUT2D eigenvalue weighted by Crippen LogP contribution is 2.55. The molecule has 1 aromatic heterocycles. The van der Waals surface area contributed by atoms with E-state index < -0.39 is 0 Å². The predicted molar refractivity (Wildman–Crippen MR) is 262 cm³/mol. The SMILES string of the molecule is Cc1cc2c(cc1N1c3cc4c(cc3B3c5c1cc(C(C)(C)C)cc5N(c1ccccc1C)c1ccc5c(oc6ccccc65)c13)C(C)(C)CC4(C)C)C(C)(C)CCC2(C)C. The molecule has 0 fully saturated rings. The zero-order valence-corrected chi connectivity index (χ0v) is 38.7. The molecule has 0 spiro atoms. The number of para-hydroxylation sites is 2. The summed E-state index contributed by atoms with van der Waals surface area (Å²) in [6.45, 7) is 31.4. The summed E-state index contributed by atoms with van der Waals surface area (Å²) in [5.74, 6) is 0. The van der Waals surface area contributed by atoms with E-state index in [1.807, 2.05) is 0 Å². The van der Waals surface area contributed by atoms with Crippen molar-refractivity contribution < 1.29 is 4.42 Å². The Labute approximate surface area is 364 Å². The summed E-state index contributed by atoms with van der Waals surface area (Å²) in [5.41, 5.74) is 23.5. The molecule has 0 saturated heterocycles. The van der Waals surface area contributed by atoms with Gasteiger partial charge in [-0.3, -0.25) is 0 Å². The molecular weight excluding hydrogens is 739 g/mol. The summed E-state index contributed by atoms with van der Waals surface area (Å²) < 4.78 is 7.13. The van der Waals surface area contributed by atoms with Crippen LogP contribution in [-0.4, -0.2) is 6.71 Å². The van der Waals surface area contributed by atoms with Gasteiger partial charge in [0.05, 0.1) is 0 Å². The lowest BCUT2D eigenvalue weighted by molar-refractivity contribution is 0.332. The minimum Gasteiger partial charge on any atom is -0.457 e. The maximum absolute atomic E-state index is 7.13. The van der Waals surface area contributed by atoms with Gasteiger partial charge in [-0.2, -0.15) is 0 Å². The second-order valence-corrected chi connectivity index (χ2v) is 22.9. The first-order chi connectivity index (χ1) is 28.7. The number of hydrogen-bond donors (Lipinski definition) is 0. The molecule has 0 saturated carbocycles. The van der Waals surface area contributed by atoms with E-state index in [2.05, 4.69) is 197 Å². The van der Waals surface area contributed by atoms with Gasteiger partial charge in [0.2, 0.25) is 0 Å². The number of benzene rings is 6. The van der Waals surface area contributed by atoms with Crippen LogP contribution >= 0.6 is 0 Å². The highest BCUT2D eigenvalue weighted by atomic mass is 16.3. The van der Waals surface area contributed by atoms with Crippen LogP contribution in [0, 0.1) is 13.8 Å².